The third-order valence-electron chi connectivity index (χ3n) is 2.81. The Morgan fingerprint density at radius 2 is 1.96 bits per heavy atom. The molecule has 0 spiro atoms. The smallest absolute Gasteiger partial charge is 0.416 e. The zero-order valence-corrected chi connectivity index (χ0v) is 11.9. The second-order valence-corrected chi connectivity index (χ2v) is 4.63. The number of hydrogen-bond donors (Lipinski definition) is 1. The first kappa shape index (κ1) is 16.4. The van der Waals surface area contributed by atoms with Crippen LogP contribution < -0.4 is 10.1 Å². The Morgan fingerprint density at radius 1 is 1.22 bits per heavy atom. The van der Waals surface area contributed by atoms with Crippen molar-refractivity contribution in [2.45, 2.75) is 13.1 Å². The van der Waals surface area contributed by atoms with Crippen molar-refractivity contribution in [3.8, 4) is 17.6 Å². The summed E-state index contributed by atoms with van der Waals surface area (Å²) in [6, 6.07) is 10.6. The quantitative estimate of drug-likeness (QED) is 0.915. The maximum Gasteiger partial charge on any atom is 0.416 e. The highest BCUT2D eigenvalue weighted by Gasteiger charge is 2.31. The number of halogens is 3. The molecule has 0 bridgehead atoms. The number of nitrogens with one attached hydrogen (secondary N) is 1. The molecule has 1 amide bonds. The van der Waals surface area contributed by atoms with Crippen LogP contribution in [0.15, 0.2) is 42.5 Å². The summed E-state index contributed by atoms with van der Waals surface area (Å²) < 4.78 is 43.4. The molecule has 0 saturated carbocycles. The number of hydrogen-bond acceptors (Lipinski definition) is 3. The largest absolute Gasteiger partial charge is 0.456 e. The molecule has 0 saturated heterocycles. The Bertz CT molecular complexity index is 780. The molecule has 23 heavy (non-hydrogen) atoms. The summed E-state index contributed by atoms with van der Waals surface area (Å²) in [5.41, 5.74) is -0.682. The first-order valence-electron chi connectivity index (χ1n) is 6.46. The summed E-state index contributed by atoms with van der Waals surface area (Å²) in [5, 5.41) is 11.6. The van der Waals surface area contributed by atoms with Gasteiger partial charge in [-0.2, -0.15) is 18.4 Å². The third kappa shape index (κ3) is 4.23. The van der Waals surface area contributed by atoms with E-state index >= 15 is 0 Å². The van der Waals surface area contributed by atoms with Gasteiger partial charge in [0.25, 0.3) is 0 Å². The maximum atomic E-state index is 12.6. The van der Waals surface area contributed by atoms with Gasteiger partial charge in [0.1, 0.15) is 17.6 Å². The summed E-state index contributed by atoms with van der Waals surface area (Å²) >= 11 is 0. The molecule has 0 heterocycles. The second kappa shape index (κ2) is 6.40. The van der Waals surface area contributed by atoms with Crippen LogP contribution in [0, 0.1) is 11.3 Å². The van der Waals surface area contributed by atoms with Gasteiger partial charge in [0.2, 0.25) is 5.91 Å². The molecule has 1 N–H and O–H groups in total. The number of carbonyl (C=O) groups excluding carboxylic acids is 1. The van der Waals surface area contributed by atoms with E-state index in [2.05, 4.69) is 5.32 Å². The highest BCUT2D eigenvalue weighted by Crippen LogP contribution is 2.34. The topological polar surface area (TPSA) is 62.1 Å². The van der Waals surface area contributed by atoms with Crippen molar-refractivity contribution in [3.05, 3.63) is 53.6 Å². The molecular formula is C16H11F3N2O2. The number of benzene rings is 2. The molecule has 2 rings (SSSR count). The van der Waals surface area contributed by atoms with E-state index in [1.165, 1.54) is 13.0 Å². The van der Waals surface area contributed by atoms with E-state index in [4.69, 9.17) is 10.00 Å². The van der Waals surface area contributed by atoms with Gasteiger partial charge in [0.15, 0.2) is 0 Å². The fraction of sp³-hybridized carbons (Fsp3) is 0.125. The lowest BCUT2D eigenvalue weighted by atomic mass is 10.1. The Morgan fingerprint density at radius 3 is 2.57 bits per heavy atom. The third-order valence-corrected chi connectivity index (χ3v) is 2.81. The van der Waals surface area contributed by atoms with Crippen LogP contribution in [0.25, 0.3) is 0 Å². The van der Waals surface area contributed by atoms with Crippen molar-refractivity contribution in [2.75, 3.05) is 5.32 Å². The van der Waals surface area contributed by atoms with Gasteiger partial charge < -0.3 is 10.1 Å². The summed E-state index contributed by atoms with van der Waals surface area (Å²) in [7, 11) is 0. The van der Waals surface area contributed by atoms with E-state index in [-0.39, 0.29) is 23.0 Å². The van der Waals surface area contributed by atoms with Crippen molar-refractivity contribution in [1.29, 1.82) is 5.26 Å². The number of rotatable bonds is 3. The normalized spacial score (nSPS) is 10.7. The molecule has 0 aliphatic rings. The van der Waals surface area contributed by atoms with Gasteiger partial charge >= 0.3 is 6.18 Å². The van der Waals surface area contributed by atoms with Crippen LogP contribution in [0.1, 0.15) is 18.1 Å². The number of nitrogens with zero attached hydrogens (tertiary/aromatic N) is 1. The average molecular weight is 320 g/mol. The lowest BCUT2D eigenvalue weighted by Crippen LogP contribution is -2.06. The van der Waals surface area contributed by atoms with E-state index in [1.54, 1.807) is 24.3 Å². The molecular weight excluding hydrogens is 309 g/mol. The SMILES string of the molecule is CC(=O)Nc1cccc(Oc2ccc(C(F)(F)F)cc2C#N)c1. The number of alkyl halides is 3. The molecule has 2 aromatic rings. The highest BCUT2D eigenvalue weighted by atomic mass is 19.4. The number of carbonyl (C=O) groups is 1. The molecule has 118 valence electrons. The molecule has 0 aliphatic carbocycles. The van der Waals surface area contributed by atoms with Crippen LogP contribution in [0.5, 0.6) is 11.5 Å². The van der Waals surface area contributed by atoms with Gasteiger partial charge in [-0.15, -0.1) is 0 Å². The molecule has 2 aromatic carbocycles. The Kier molecular flexibility index (Phi) is 4.55. The van der Waals surface area contributed by atoms with Crippen LogP contribution >= 0.6 is 0 Å². The fourth-order valence-electron chi connectivity index (χ4n) is 1.85. The Labute approximate surface area is 130 Å². The van der Waals surface area contributed by atoms with E-state index in [0.717, 1.165) is 18.2 Å². The van der Waals surface area contributed by atoms with Crippen molar-refractivity contribution in [1.82, 2.24) is 0 Å². The molecule has 0 aromatic heterocycles. The van der Waals surface area contributed by atoms with Crippen molar-refractivity contribution in [2.24, 2.45) is 0 Å². The summed E-state index contributed by atoms with van der Waals surface area (Å²) in [6.45, 7) is 1.34. The molecule has 0 unspecified atom stereocenters. The number of ether oxygens (including phenoxy) is 1. The van der Waals surface area contributed by atoms with Crippen molar-refractivity contribution in [3.63, 3.8) is 0 Å². The number of amides is 1. The van der Waals surface area contributed by atoms with E-state index < -0.39 is 11.7 Å². The van der Waals surface area contributed by atoms with Crippen molar-refractivity contribution < 1.29 is 22.7 Å². The van der Waals surface area contributed by atoms with E-state index in [1.807, 2.05) is 0 Å². The van der Waals surface area contributed by atoms with E-state index in [0.29, 0.717) is 5.69 Å². The van der Waals surface area contributed by atoms with E-state index in [9.17, 15) is 18.0 Å². The van der Waals surface area contributed by atoms with Crippen molar-refractivity contribution >= 4 is 11.6 Å². The standard InChI is InChI=1S/C16H11F3N2O2/c1-10(22)21-13-3-2-4-14(8-13)23-15-6-5-12(16(17,18)19)7-11(15)9-20/h2-8H,1H3,(H,21,22). The van der Waals surface area contributed by atoms with Gasteiger partial charge in [-0.1, -0.05) is 6.07 Å². The second-order valence-electron chi connectivity index (χ2n) is 4.63. The van der Waals surface area contributed by atoms with Gasteiger partial charge in [-0.25, -0.2) is 0 Å². The minimum absolute atomic E-state index is 0.000440. The average Bonchev–Trinajstić information content (AvgIpc) is 2.46. The molecule has 7 heteroatoms. The highest BCUT2D eigenvalue weighted by molar-refractivity contribution is 5.88. The fourth-order valence-corrected chi connectivity index (χ4v) is 1.85. The Hall–Kier alpha value is -3.01. The minimum Gasteiger partial charge on any atom is -0.456 e. The zero-order valence-electron chi connectivity index (χ0n) is 11.9. The lowest BCUT2D eigenvalue weighted by Gasteiger charge is -2.11. The first-order valence-corrected chi connectivity index (χ1v) is 6.46. The summed E-state index contributed by atoms with van der Waals surface area (Å²) in [6.07, 6.45) is -4.53. The number of anilines is 1. The summed E-state index contributed by atoms with van der Waals surface area (Å²) in [4.78, 5) is 11.0. The molecule has 0 fully saturated rings. The summed E-state index contributed by atoms with van der Waals surface area (Å²) in [5.74, 6) is 0.0161. The van der Waals surface area contributed by atoms with Crippen LogP contribution in [-0.2, 0) is 11.0 Å². The van der Waals surface area contributed by atoms with Crippen LogP contribution in [0.3, 0.4) is 0 Å². The van der Waals surface area contributed by atoms with Gasteiger partial charge in [-0.05, 0) is 30.3 Å². The van der Waals surface area contributed by atoms with Crippen LogP contribution in [0.4, 0.5) is 18.9 Å². The van der Waals surface area contributed by atoms with Gasteiger partial charge in [0.05, 0.1) is 11.1 Å². The van der Waals surface area contributed by atoms with Gasteiger partial charge in [-0.3, -0.25) is 4.79 Å². The zero-order chi connectivity index (χ0) is 17.0. The van der Waals surface area contributed by atoms with Gasteiger partial charge in [0, 0.05) is 18.7 Å². The molecule has 0 radical (unpaired) electrons. The molecule has 0 aliphatic heterocycles. The van der Waals surface area contributed by atoms with Crippen LogP contribution in [0.2, 0.25) is 0 Å². The monoisotopic (exact) mass is 320 g/mol. The maximum absolute atomic E-state index is 12.6. The molecule has 4 nitrogen and oxygen atoms in total. The first-order chi connectivity index (χ1) is 10.8. The molecule has 0 atom stereocenters. The minimum atomic E-state index is -4.53. The lowest BCUT2D eigenvalue weighted by molar-refractivity contribution is -0.137. The number of nitriles is 1. The van der Waals surface area contributed by atoms with Crippen LogP contribution in [-0.4, -0.2) is 5.91 Å². The predicted molar refractivity (Wildman–Crippen MR) is 77.0 cm³/mol. The predicted octanol–water partition coefficient (Wildman–Crippen LogP) is 4.33. The Balaban J connectivity index is 2.30.